The van der Waals surface area contributed by atoms with Crippen LogP contribution in [0.1, 0.15) is 23.2 Å². The molecule has 0 spiro atoms. The van der Waals surface area contributed by atoms with Crippen LogP contribution in [0, 0.1) is 0 Å². The Hall–Kier alpha value is -3.17. The van der Waals surface area contributed by atoms with Crippen LogP contribution >= 0.6 is 11.6 Å². The van der Waals surface area contributed by atoms with E-state index >= 15 is 0 Å². The molecule has 1 fully saturated rings. The Bertz CT molecular complexity index is 1090. The fourth-order valence-corrected chi connectivity index (χ4v) is 3.34. The number of hydrogen-bond acceptors (Lipinski definition) is 7. The first-order valence-electron chi connectivity index (χ1n) is 9.90. The van der Waals surface area contributed by atoms with Crippen molar-refractivity contribution in [3.8, 4) is 17.3 Å². The minimum Gasteiger partial charge on any atom is -0.473 e. The van der Waals surface area contributed by atoms with Crippen molar-refractivity contribution in [2.45, 2.75) is 25.5 Å². The molecule has 0 atom stereocenters. The molecule has 3 aromatic heterocycles. The SMILES string of the molecule is O=C(NCCn1nc(-c2ccco2)ccc1=O)c1cnc(OC2CCOCC2)c(Cl)c1. The number of pyridine rings is 1. The highest BCUT2D eigenvalue weighted by Gasteiger charge is 2.18. The van der Waals surface area contributed by atoms with Gasteiger partial charge in [-0.15, -0.1) is 0 Å². The van der Waals surface area contributed by atoms with Gasteiger partial charge in [-0.2, -0.15) is 5.10 Å². The summed E-state index contributed by atoms with van der Waals surface area (Å²) in [6, 6.07) is 8.01. The van der Waals surface area contributed by atoms with Crippen molar-refractivity contribution in [1.82, 2.24) is 20.1 Å². The third-order valence-corrected chi connectivity index (χ3v) is 5.04. The van der Waals surface area contributed by atoms with E-state index in [1.165, 1.54) is 29.3 Å². The van der Waals surface area contributed by atoms with Crippen LogP contribution in [0.15, 0.2) is 52.0 Å². The summed E-state index contributed by atoms with van der Waals surface area (Å²) >= 11 is 6.25. The number of ether oxygens (including phenoxy) is 2. The zero-order chi connectivity index (χ0) is 21.6. The van der Waals surface area contributed by atoms with Crippen LogP contribution in [-0.2, 0) is 11.3 Å². The van der Waals surface area contributed by atoms with Gasteiger partial charge in [0.2, 0.25) is 5.88 Å². The normalized spacial score (nSPS) is 14.4. The van der Waals surface area contributed by atoms with Crippen LogP contribution in [-0.4, -0.2) is 46.5 Å². The first-order valence-corrected chi connectivity index (χ1v) is 10.3. The van der Waals surface area contributed by atoms with E-state index in [-0.39, 0.29) is 35.7 Å². The van der Waals surface area contributed by atoms with E-state index in [0.717, 1.165) is 12.8 Å². The molecule has 4 heterocycles. The van der Waals surface area contributed by atoms with Crippen molar-refractivity contribution in [1.29, 1.82) is 0 Å². The third kappa shape index (κ3) is 5.31. The number of furan rings is 1. The average molecular weight is 445 g/mol. The minimum absolute atomic E-state index is 0.00109. The monoisotopic (exact) mass is 444 g/mol. The maximum absolute atomic E-state index is 12.4. The van der Waals surface area contributed by atoms with Crippen LogP contribution in [0.5, 0.6) is 5.88 Å². The number of carbonyl (C=O) groups is 1. The lowest BCUT2D eigenvalue weighted by Crippen LogP contribution is -2.32. The van der Waals surface area contributed by atoms with E-state index in [2.05, 4.69) is 15.4 Å². The van der Waals surface area contributed by atoms with Gasteiger partial charge < -0.3 is 19.2 Å². The maximum atomic E-state index is 12.4. The van der Waals surface area contributed by atoms with E-state index in [1.54, 1.807) is 18.2 Å². The van der Waals surface area contributed by atoms with Gasteiger partial charge in [0, 0.05) is 31.6 Å². The smallest absolute Gasteiger partial charge is 0.266 e. The van der Waals surface area contributed by atoms with Gasteiger partial charge in [0.1, 0.15) is 16.8 Å². The van der Waals surface area contributed by atoms with E-state index < -0.39 is 0 Å². The molecule has 1 aliphatic rings. The molecule has 3 aromatic rings. The Morgan fingerprint density at radius 1 is 1.29 bits per heavy atom. The molecule has 0 bridgehead atoms. The van der Waals surface area contributed by atoms with Crippen molar-refractivity contribution < 1.29 is 18.7 Å². The van der Waals surface area contributed by atoms with Crippen LogP contribution in [0.4, 0.5) is 0 Å². The Balaban J connectivity index is 1.34. The molecule has 4 rings (SSSR count). The number of amides is 1. The van der Waals surface area contributed by atoms with Gasteiger partial charge in [-0.1, -0.05) is 11.6 Å². The lowest BCUT2D eigenvalue weighted by atomic mass is 10.1. The summed E-state index contributed by atoms with van der Waals surface area (Å²) in [5, 5.41) is 7.27. The molecule has 0 aromatic carbocycles. The number of nitrogens with zero attached hydrogens (tertiary/aromatic N) is 3. The number of halogens is 1. The Morgan fingerprint density at radius 2 is 2.13 bits per heavy atom. The molecule has 9 nitrogen and oxygen atoms in total. The zero-order valence-electron chi connectivity index (χ0n) is 16.6. The minimum atomic E-state index is -0.359. The van der Waals surface area contributed by atoms with E-state index in [0.29, 0.717) is 36.1 Å². The number of aromatic nitrogens is 3. The van der Waals surface area contributed by atoms with Crippen molar-refractivity contribution in [2.75, 3.05) is 19.8 Å². The van der Waals surface area contributed by atoms with Gasteiger partial charge in [0.15, 0.2) is 5.76 Å². The van der Waals surface area contributed by atoms with Crippen LogP contribution in [0.3, 0.4) is 0 Å². The summed E-state index contributed by atoms with van der Waals surface area (Å²) < 4.78 is 17.7. The maximum Gasteiger partial charge on any atom is 0.266 e. The van der Waals surface area contributed by atoms with Gasteiger partial charge in [0.05, 0.1) is 31.6 Å². The molecule has 10 heteroatoms. The number of nitrogens with one attached hydrogen (secondary N) is 1. The molecular weight excluding hydrogens is 424 g/mol. The number of rotatable bonds is 7. The van der Waals surface area contributed by atoms with Crippen molar-refractivity contribution in [2.24, 2.45) is 0 Å². The van der Waals surface area contributed by atoms with Gasteiger partial charge in [-0.25, -0.2) is 9.67 Å². The molecule has 0 unspecified atom stereocenters. The topological polar surface area (TPSA) is 108 Å². The fraction of sp³-hybridized carbons (Fsp3) is 0.333. The lowest BCUT2D eigenvalue weighted by Gasteiger charge is -2.23. The quantitative estimate of drug-likeness (QED) is 0.596. The Morgan fingerprint density at radius 3 is 2.87 bits per heavy atom. The molecular formula is C21H21ClN4O5. The predicted octanol–water partition coefficient (Wildman–Crippen LogP) is 2.54. The van der Waals surface area contributed by atoms with Gasteiger partial charge >= 0.3 is 0 Å². The van der Waals surface area contributed by atoms with Crippen molar-refractivity contribution in [3.05, 3.63) is 63.7 Å². The summed E-state index contributed by atoms with van der Waals surface area (Å²) in [5.41, 5.74) is 0.560. The summed E-state index contributed by atoms with van der Waals surface area (Å²) in [4.78, 5) is 28.7. The highest BCUT2D eigenvalue weighted by molar-refractivity contribution is 6.32. The summed E-state index contributed by atoms with van der Waals surface area (Å²) in [5.74, 6) is 0.499. The second-order valence-corrected chi connectivity index (χ2v) is 7.36. The van der Waals surface area contributed by atoms with Gasteiger partial charge in [0.25, 0.3) is 11.5 Å². The predicted molar refractivity (Wildman–Crippen MR) is 112 cm³/mol. The first-order chi connectivity index (χ1) is 15.1. The van der Waals surface area contributed by atoms with Crippen molar-refractivity contribution >= 4 is 17.5 Å². The van der Waals surface area contributed by atoms with Crippen LogP contribution in [0.2, 0.25) is 5.02 Å². The summed E-state index contributed by atoms with van der Waals surface area (Å²) in [6.07, 6.45) is 4.49. The van der Waals surface area contributed by atoms with E-state index in [1.807, 2.05) is 0 Å². The second-order valence-electron chi connectivity index (χ2n) is 6.95. The van der Waals surface area contributed by atoms with Crippen molar-refractivity contribution in [3.63, 3.8) is 0 Å². The summed E-state index contributed by atoms with van der Waals surface area (Å²) in [6.45, 7) is 1.69. The molecule has 162 valence electrons. The van der Waals surface area contributed by atoms with Gasteiger partial charge in [-0.05, 0) is 24.3 Å². The molecule has 1 aliphatic heterocycles. The summed E-state index contributed by atoms with van der Waals surface area (Å²) in [7, 11) is 0. The molecule has 1 saturated heterocycles. The number of hydrogen-bond donors (Lipinski definition) is 1. The first kappa shape index (κ1) is 21.1. The lowest BCUT2D eigenvalue weighted by molar-refractivity contribution is 0.0238. The standard InChI is InChI=1S/C21H21ClN4O5/c22-16-12-14(13-24-21(16)31-15-5-10-29-11-6-15)20(28)23-7-8-26-19(27)4-3-17(25-26)18-2-1-9-30-18/h1-4,9,12-13,15H,5-8,10-11H2,(H,23,28). The van der Waals surface area contributed by atoms with Crippen LogP contribution in [0.25, 0.3) is 11.5 Å². The third-order valence-electron chi connectivity index (χ3n) is 4.77. The molecule has 0 saturated carbocycles. The van der Waals surface area contributed by atoms with Gasteiger partial charge in [-0.3, -0.25) is 9.59 Å². The zero-order valence-corrected chi connectivity index (χ0v) is 17.4. The highest BCUT2D eigenvalue weighted by atomic mass is 35.5. The largest absolute Gasteiger partial charge is 0.473 e. The number of carbonyl (C=O) groups excluding carboxylic acids is 1. The molecule has 1 N–H and O–H groups in total. The molecule has 0 radical (unpaired) electrons. The second kappa shape index (κ2) is 9.76. The van der Waals surface area contributed by atoms with E-state index in [4.69, 9.17) is 25.5 Å². The molecule has 0 aliphatic carbocycles. The Kier molecular flexibility index (Phi) is 6.63. The highest BCUT2D eigenvalue weighted by Crippen LogP contribution is 2.25. The average Bonchev–Trinajstić information content (AvgIpc) is 3.32. The van der Waals surface area contributed by atoms with Crippen LogP contribution < -0.4 is 15.6 Å². The van der Waals surface area contributed by atoms with E-state index in [9.17, 15) is 9.59 Å². The molecule has 31 heavy (non-hydrogen) atoms. The fourth-order valence-electron chi connectivity index (χ4n) is 3.13. The Labute approximate surface area is 182 Å². The molecule has 1 amide bonds.